The molecule has 2 rings (SSSR count). The van der Waals surface area contributed by atoms with Gasteiger partial charge in [0.25, 0.3) is 0 Å². The van der Waals surface area contributed by atoms with Gasteiger partial charge in [0, 0.05) is 18.1 Å². The van der Waals surface area contributed by atoms with Crippen molar-refractivity contribution in [2.24, 2.45) is 0 Å². The molecule has 1 aliphatic rings. The number of allylic oxidation sites excluding steroid dienone is 2. The summed E-state index contributed by atoms with van der Waals surface area (Å²) >= 11 is 0. The lowest BCUT2D eigenvalue weighted by atomic mass is 9.91. The number of halogens is 2. The van der Waals surface area contributed by atoms with Crippen LogP contribution in [0.4, 0.5) is 8.78 Å². The Labute approximate surface area is 91.2 Å². The van der Waals surface area contributed by atoms with E-state index in [4.69, 9.17) is 5.11 Å². The van der Waals surface area contributed by atoms with Crippen molar-refractivity contribution in [2.75, 3.05) is 0 Å². The first-order valence-electron chi connectivity index (χ1n) is 4.96. The number of aromatic hydroxyl groups is 1. The maximum Gasteiger partial charge on any atom is 0.139 e. The van der Waals surface area contributed by atoms with Crippen molar-refractivity contribution in [3.05, 3.63) is 35.4 Å². The normalized spacial score (nSPS) is 16.8. The third kappa shape index (κ3) is 1.96. The largest absolute Gasteiger partial charge is 0.508 e. The Bertz CT molecular complexity index is 478. The van der Waals surface area contributed by atoms with Gasteiger partial charge >= 0.3 is 0 Å². The molecule has 0 unspecified atom stereocenters. The fourth-order valence-corrected chi connectivity index (χ4v) is 1.80. The minimum absolute atomic E-state index is 0.128. The van der Waals surface area contributed by atoms with E-state index in [0.29, 0.717) is 0 Å². The Morgan fingerprint density at radius 1 is 1.19 bits per heavy atom. The first-order valence-corrected chi connectivity index (χ1v) is 4.96. The van der Waals surface area contributed by atoms with Crippen molar-refractivity contribution in [2.45, 2.75) is 19.3 Å². The van der Waals surface area contributed by atoms with Crippen LogP contribution in [0.15, 0.2) is 24.0 Å². The maximum atomic E-state index is 13.5. The van der Waals surface area contributed by atoms with Crippen LogP contribution in [0.1, 0.15) is 24.8 Å². The molecule has 0 heterocycles. The van der Waals surface area contributed by atoms with Crippen LogP contribution < -0.4 is 0 Å². The predicted molar refractivity (Wildman–Crippen MR) is 55.0 cm³/mol. The summed E-state index contributed by atoms with van der Waals surface area (Å²) in [6.07, 6.45) is 0.199. The molecule has 1 aliphatic carbocycles. The number of hydrogen-bond donors (Lipinski definition) is 1. The standard InChI is InChI=1S/C12H10F2O2/c13-11-5-7(15)1-3-9(11)10-4-2-8(16)6-12(10)14/h1,3,5,15H,2,4,6H2. The van der Waals surface area contributed by atoms with E-state index in [1.54, 1.807) is 0 Å². The lowest BCUT2D eigenvalue weighted by Gasteiger charge is -2.15. The minimum Gasteiger partial charge on any atom is -0.508 e. The summed E-state index contributed by atoms with van der Waals surface area (Å²) in [7, 11) is 0. The van der Waals surface area contributed by atoms with Gasteiger partial charge in [0.05, 0.1) is 6.42 Å². The first kappa shape index (κ1) is 10.8. The predicted octanol–water partition coefficient (Wildman–Crippen LogP) is 2.96. The van der Waals surface area contributed by atoms with Gasteiger partial charge in [-0.05, 0) is 24.1 Å². The van der Waals surface area contributed by atoms with Crippen LogP contribution in [-0.2, 0) is 4.79 Å². The molecule has 1 aromatic rings. The fourth-order valence-electron chi connectivity index (χ4n) is 1.80. The van der Waals surface area contributed by atoms with Crippen molar-refractivity contribution in [1.29, 1.82) is 0 Å². The molecule has 0 spiro atoms. The molecule has 16 heavy (non-hydrogen) atoms. The molecule has 0 saturated carbocycles. The highest BCUT2D eigenvalue weighted by atomic mass is 19.1. The first-order chi connectivity index (χ1) is 7.58. The Kier molecular flexibility index (Phi) is 2.73. The van der Waals surface area contributed by atoms with Gasteiger partial charge in [0.2, 0.25) is 0 Å². The molecular weight excluding hydrogens is 214 g/mol. The van der Waals surface area contributed by atoms with Crippen molar-refractivity contribution in [3.8, 4) is 5.75 Å². The Balaban J connectivity index is 2.44. The van der Waals surface area contributed by atoms with Crippen LogP contribution in [0, 0.1) is 5.82 Å². The highest BCUT2D eigenvalue weighted by Crippen LogP contribution is 2.33. The molecule has 0 atom stereocenters. The van der Waals surface area contributed by atoms with Crippen molar-refractivity contribution >= 4 is 11.4 Å². The monoisotopic (exact) mass is 224 g/mol. The smallest absolute Gasteiger partial charge is 0.139 e. The summed E-state index contributed by atoms with van der Waals surface area (Å²) in [4.78, 5) is 11.0. The molecule has 0 bridgehead atoms. The number of benzene rings is 1. The molecule has 1 aromatic carbocycles. The molecule has 4 heteroatoms. The third-order valence-electron chi connectivity index (χ3n) is 2.61. The molecule has 0 saturated heterocycles. The summed E-state index contributed by atoms with van der Waals surface area (Å²) < 4.78 is 27.0. The van der Waals surface area contributed by atoms with Gasteiger partial charge in [-0.1, -0.05) is 0 Å². The average Bonchev–Trinajstić information content (AvgIpc) is 2.19. The SMILES string of the molecule is O=C1CCC(c2ccc(O)cc2F)=C(F)C1. The van der Waals surface area contributed by atoms with Crippen molar-refractivity contribution < 1.29 is 18.7 Å². The second kappa shape index (κ2) is 4.04. The lowest BCUT2D eigenvalue weighted by Crippen LogP contribution is -2.07. The number of ketones is 1. The van der Waals surface area contributed by atoms with Gasteiger partial charge in [-0.25, -0.2) is 8.78 Å². The van der Waals surface area contributed by atoms with Gasteiger partial charge in [0.1, 0.15) is 23.2 Å². The highest BCUT2D eigenvalue weighted by molar-refractivity contribution is 5.88. The van der Waals surface area contributed by atoms with Crippen LogP contribution >= 0.6 is 0 Å². The summed E-state index contributed by atoms with van der Waals surface area (Å²) in [6.45, 7) is 0. The molecule has 2 nitrogen and oxygen atoms in total. The number of rotatable bonds is 1. The van der Waals surface area contributed by atoms with Crippen molar-refractivity contribution in [3.63, 3.8) is 0 Å². The Morgan fingerprint density at radius 2 is 1.94 bits per heavy atom. The quantitative estimate of drug-likeness (QED) is 0.796. The van der Waals surface area contributed by atoms with Crippen LogP contribution in [-0.4, -0.2) is 10.9 Å². The number of phenolic OH excluding ortho intramolecular Hbond substituents is 1. The van der Waals surface area contributed by atoms with E-state index >= 15 is 0 Å². The topological polar surface area (TPSA) is 37.3 Å². The number of carbonyl (C=O) groups is 1. The number of phenols is 1. The molecule has 1 N–H and O–H groups in total. The van der Waals surface area contributed by atoms with E-state index in [2.05, 4.69) is 0 Å². The van der Waals surface area contributed by atoms with Crippen LogP contribution in [0.2, 0.25) is 0 Å². The summed E-state index contributed by atoms with van der Waals surface area (Å²) in [5.74, 6) is -1.60. The van der Waals surface area contributed by atoms with Crippen molar-refractivity contribution in [1.82, 2.24) is 0 Å². The second-order valence-corrected chi connectivity index (χ2v) is 3.76. The van der Waals surface area contributed by atoms with E-state index in [0.717, 1.165) is 6.07 Å². The van der Waals surface area contributed by atoms with Gasteiger partial charge in [-0.15, -0.1) is 0 Å². The fraction of sp³-hybridized carbons (Fsp3) is 0.250. The third-order valence-corrected chi connectivity index (χ3v) is 2.61. The van der Waals surface area contributed by atoms with E-state index in [1.807, 2.05) is 0 Å². The van der Waals surface area contributed by atoms with Gasteiger partial charge in [0.15, 0.2) is 0 Å². The van der Waals surface area contributed by atoms with Crippen LogP contribution in [0.3, 0.4) is 0 Å². The van der Waals surface area contributed by atoms with Crippen LogP contribution in [0.5, 0.6) is 5.75 Å². The van der Waals surface area contributed by atoms with E-state index in [9.17, 15) is 13.6 Å². The number of carbonyl (C=O) groups excluding carboxylic acids is 1. The van der Waals surface area contributed by atoms with Gasteiger partial charge in [-0.2, -0.15) is 0 Å². The highest BCUT2D eigenvalue weighted by Gasteiger charge is 2.21. The van der Waals surface area contributed by atoms with E-state index in [1.165, 1.54) is 12.1 Å². The Morgan fingerprint density at radius 3 is 2.56 bits per heavy atom. The summed E-state index contributed by atoms with van der Waals surface area (Å²) in [6, 6.07) is 3.57. The second-order valence-electron chi connectivity index (χ2n) is 3.76. The average molecular weight is 224 g/mol. The summed E-state index contributed by atoms with van der Waals surface area (Å²) in [5.41, 5.74) is 0.361. The molecule has 84 valence electrons. The zero-order valence-electron chi connectivity index (χ0n) is 8.46. The zero-order valence-corrected chi connectivity index (χ0v) is 8.46. The lowest BCUT2D eigenvalue weighted by molar-refractivity contribution is -0.118. The number of Topliss-reactive ketones (excluding diaryl/α,β-unsaturated/α-hetero) is 1. The number of hydrogen-bond acceptors (Lipinski definition) is 2. The zero-order chi connectivity index (χ0) is 11.7. The summed E-state index contributed by atoms with van der Waals surface area (Å²) in [5, 5.41) is 9.04. The minimum atomic E-state index is -0.667. The van der Waals surface area contributed by atoms with Crippen LogP contribution in [0.25, 0.3) is 5.57 Å². The van der Waals surface area contributed by atoms with Gasteiger partial charge < -0.3 is 5.11 Å². The van der Waals surface area contributed by atoms with Gasteiger partial charge in [-0.3, -0.25) is 4.79 Å². The molecule has 0 aromatic heterocycles. The van der Waals surface area contributed by atoms with E-state index in [-0.39, 0.29) is 41.9 Å². The molecule has 0 fully saturated rings. The van der Waals surface area contributed by atoms with E-state index < -0.39 is 11.6 Å². The molecule has 0 amide bonds. The molecule has 0 radical (unpaired) electrons. The molecule has 0 aliphatic heterocycles. The molecular formula is C12H10F2O2. The maximum absolute atomic E-state index is 13.5. The Hall–Kier alpha value is -1.71.